The largest absolute Gasteiger partial charge is 0.381 e. The zero-order valence-electron chi connectivity index (χ0n) is 14.0. The Labute approximate surface area is 149 Å². The Kier molecular flexibility index (Phi) is 4.55. The highest BCUT2D eigenvalue weighted by Crippen LogP contribution is 2.26. The van der Waals surface area contributed by atoms with E-state index in [1.165, 1.54) is 6.07 Å². The van der Waals surface area contributed by atoms with Crippen LogP contribution >= 0.6 is 0 Å². The summed E-state index contributed by atoms with van der Waals surface area (Å²) in [6.45, 7) is 1.47. The SMILES string of the molecule is Fc1ccc(Nc2cc3cn[nH]c3cc2C#CC2CCOCC2)cc1F. The number of nitrogens with one attached hydrogen (secondary N) is 2. The molecule has 2 N–H and O–H groups in total. The molecule has 0 bridgehead atoms. The number of fused-ring (bicyclic) bond motifs is 1. The molecule has 1 aliphatic heterocycles. The molecule has 1 aromatic heterocycles. The highest BCUT2D eigenvalue weighted by molar-refractivity contribution is 5.86. The van der Waals surface area contributed by atoms with Gasteiger partial charge in [-0.15, -0.1) is 0 Å². The molecule has 0 atom stereocenters. The number of ether oxygens (including phenoxy) is 1. The number of nitrogens with zero attached hydrogens (tertiary/aromatic N) is 1. The van der Waals surface area contributed by atoms with Crippen molar-refractivity contribution in [3.63, 3.8) is 0 Å². The lowest BCUT2D eigenvalue weighted by atomic mass is 10.00. The lowest BCUT2D eigenvalue weighted by Gasteiger charge is -2.16. The summed E-state index contributed by atoms with van der Waals surface area (Å²) in [6.07, 6.45) is 3.55. The van der Waals surface area contributed by atoms with Crippen molar-refractivity contribution in [3.8, 4) is 11.8 Å². The van der Waals surface area contributed by atoms with E-state index in [0.29, 0.717) is 11.6 Å². The van der Waals surface area contributed by atoms with Gasteiger partial charge in [0.1, 0.15) is 0 Å². The second-order valence-electron chi connectivity index (χ2n) is 6.26. The van der Waals surface area contributed by atoms with E-state index in [4.69, 9.17) is 4.74 Å². The quantitative estimate of drug-likeness (QED) is 0.673. The Morgan fingerprint density at radius 1 is 1.12 bits per heavy atom. The van der Waals surface area contributed by atoms with Crippen molar-refractivity contribution in [3.05, 3.63) is 53.7 Å². The average Bonchev–Trinajstić information content (AvgIpc) is 3.11. The van der Waals surface area contributed by atoms with Crippen LogP contribution in [0.3, 0.4) is 0 Å². The smallest absolute Gasteiger partial charge is 0.160 e. The molecule has 1 aliphatic rings. The van der Waals surface area contributed by atoms with Crippen LogP contribution in [-0.4, -0.2) is 23.4 Å². The molecular formula is C20H17F2N3O. The average molecular weight is 353 g/mol. The summed E-state index contributed by atoms with van der Waals surface area (Å²) in [5.74, 6) is 5.06. The molecule has 1 saturated heterocycles. The van der Waals surface area contributed by atoms with E-state index in [1.807, 2.05) is 12.1 Å². The maximum Gasteiger partial charge on any atom is 0.160 e. The number of hydrogen-bond acceptors (Lipinski definition) is 3. The number of H-pyrrole nitrogens is 1. The fourth-order valence-electron chi connectivity index (χ4n) is 2.95. The molecular weight excluding hydrogens is 336 g/mol. The molecule has 0 radical (unpaired) electrons. The molecule has 0 spiro atoms. The highest BCUT2D eigenvalue weighted by atomic mass is 19.2. The number of aromatic amines is 1. The second-order valence-corrected chi connectivity index (χ2v) is 6.26. The van der Waals surface area contributed by atoms with Crippen LogP contribution in [-0.2, 0) is 4.74 Å². The van der Waals surface area contributed by atoms with Gasteiger partial charge in [0.25, 0.3) is 0 Å². The molecule has 0 aliphatic carbocycles. The molecule has 2 aromatic carbocycles. The topological polar surface area (TPSA) is 49.9 Å². The van der Waals surface area contributed by atoms with E-state index in [0.717, 1.165) is 60.3 Å². The van der Waals surface area contributed by atoms with E-state index >= 15 is 0 Å². The van der Waals surface area contributed by atoms with Gasteiger partial charge in [0.2, 0.25) is 0 Å². The lowest BCUT2D eigenvalue weighted by Crippen LogP contribution is -2.13. The van der Waals surface area contributed by atoms with Gasteiger partial charge in [-0.3, -0.25) is 5.10 Å². The Morgan fingerprint density at radius 2 is 1.96 bits per heavy atom. The minimum atomic E-state index is -0.894. The van der Waals surface area contributed by atoms with Crippen LogP contribution in [0.15, 0.2) is 36.5 Å². The molecule has 0 unspecified atom stereocenters. The first kappa shape index (κ1) is 16.6. The summed E-state index contributed by atoms with van der Waals surface area (Å²) < 4.78 is 32.0. The molecule has 4 nitrogen and oxygen atoms in total. The third-order valence-corrected chi connectivity index (χ3v) is 4.41. The van der Waals surface area contributed by atoms with Crippen molar-refractivity contribution in [2.45, 2.75) is 12.8 Å². The Hall–Kier alpha value is -2.91. The van der Waals surface area contributed by atoms with Gasteiger partial charge in [-0.25, -0.2) is 8.78 Å². The van der Waals surface area contributed by atoms with Gasteiger partial charge in [0.05, 0.1) is 23.0 Å². The van der Waals surface area contributed by atoms with Gasteiger partial charge in [0, 0.05) is 36.3 Å². The summed E-state index contributed by atoms with van der Waals surface area (Å²) in [4.78, 5) is 0. The number of hydrogen-bond donors (Lipinski definition) is 2. The fraction of sp³-hybridized carbons (Fsp3) is 0.250. The summed E-state index contributed by atoms with van der Waals surface area (Å²) >= 11 is 0. The predicted molar refractivity (Wildman–Crippen MR) is 96.2 cm³/mol. The van der Waals surface area contributed by atoms with Crippen LogP contribution in [0, 0.1) is 29.4 Å². The first-order chi connectivity index (χ1) is 12.7. The maximum atomic E-state index is 13.5. The van der Waals surface area contributed by atoms with Crippen LogP contribution in [0.4, 0.5) is 20.2 Å². The summed E-state index contributed by atoms with van der Waals surface area (Å²) in [7, 11) is 0. The summed E-state index contributed by atoms with van der Waals surface area (Å²) in [6, 6.07) is 7.53. The van der Waals surface area contributed by atoms with Crippen LogP contribution in [0.1, 0.15) is 18.4 Å². The van der Waals surface area contributed by atoms with E-state index in [1.54, 1.807) is 6.20 Å². The van der Waals surface area contributed by atoms with Crippen molar-refractivity contribution in [1.29, 1.82) is 0 Å². The van der Waals surface area contributed by atoms with E-state index < -0.39 is 11.6 Å². The van der Waals surface area contributed by atoms with Crippen LogP contribution in [0.5, 0.6) is 0 Å². The van der Waals surface area contributed by atoms with Crippen LogP contribution in [0.2, 0.25) is 0 Å². The molecule has 4 rings (SSSR count). The molecule has 3 aromatic rings. The Morgan fingerprint density at radius 3 is 2.77 bits per heavy atom. The first-order valence-corrected chi connectivity index (χ1v) is 8.47. The molecule has 6 heteroatoms. The van der Waals surface area contributed by atoms with Crippen molar-refractivity contribution in [2.24, 2.45) is 5.92 Å². The van der Waals surface area contributed by atoms with Crippen molar-refractivity contribution in [2.75, 3.05) is 18.5 Å². The molecule has 2 heterocycles. The van der Waals surface area contributed by atoms with Gasteiger partial charge in [-0.2, -0.15) is 5.10 Å². The number of benzene rings is 2. The normalized spacial score (nSPS) is 14.8. The van der Waals surface area contributed by atoms with Crippen molar-refractivity contribution in [1.82, 2.24) is 10.2 Å². The van der Waals surface area contributed by atoms with Gasteiger partial charge in [0.15, 0.2) is 11.6 Å². The van der Waals surface area contributed by atoms with Crippen molar-refractivity contribution < 1.29 is 13.5 Å². The monoisotopic (exact) mass is 353 g/mol. The van der Waals surface area contributed by atoms with Gasteiger partial charge in [-0.1, -0.05) is 11.8 Å². The molecule has 0 amide bonds. The molecule has 0 saturated carbocycles. The fourth-order valence-corrected chi connectivity index (χ4v) is 2.95. The molecule has 1 fully saturated rings. The van der Waals surface area contributed by atoms with Gasteiger partial charge in [-0.05, 0) is 37.1 Å². The lowest BCUT2D eigenvalue weighted by molar-refractivity contribution is 0.0807. The number of halogens is 2. The number of aromatic nitrogens is 2. The Bertz CT molecular complexity index is 997. The first-order valence-electron chi connectivity index (χ1n) is 8.47. The minimum Gasteiger partial charge on any atom is -0.381 e. The summed E-state index contributed by atoms with van der Waals surface area (Å²) in [5, 5.41) is 11.0. The van der Waals surface area contributed by atoms with E-state index in [9.17, 15) is 8.78 Å². The standard InChI is InChI=1S/C20H17F2N3O/c21-17-4-3-16(11-18(17)22)24-19-10-15-12-23-25-20(15)9-14(19)2-1-13-5-7-26-8-6-13/h3-4,9-13,24H,5-8H2,(H,23,25). The second kappa shape index (κ2) is 7.14. The van der Waals surface area contributed by atoms with Gasteiger partial charge < -0.3 is 10.1 Å². The third-order valence-electron chi connectivity index (χ3n) is 4.41. The predicted octanol–water partition coefficient (Wildman–Crippen LogP) is 4.36. The zero-order valence-corrected chi connectivity index (χ0v) is 14.0. The summed E-state index contributed by atoms with van der Waals surface area (Å²) in [5.41, 5.74) is 2.83. The van der Waals surface area contributed by atoms with Crippen molar-refractivity contribution >= 4 is 22.3 Å². The maximum absolute atomic E-state index is 13.5. The highest BCUT2D eigenvalue weighted by Gasteiger charge is 2.12. The number of anilines is 2. The zero-order chi connectivity index (χ0) is 17.9. The minimum absolute atomic E-state index is 0.303. The Balaban J connectivity index is 1.69. The molecule has 26 heavy (non-hydrogen) atoms. The third kappa shape index (κ3) is 3.53. The van der Waals surface area contributed by atoms with Gasteiger partial charge >= 0.3 is 0 Å². The van der Waals surface area contributed by atoms with Crippen LogP contribution < -0.4 is 5.32 Å². The van der Waals surface area contributed by atoms with Crippen LogP contribution in [0.25, 0.3) is 10.9 Å². The molecule has 132 valence electrons. The van der Waals surface area contributed by atoms with E-state index in [2.05, 4.69) is 27.4 Å². The number of rotatable bonds is 2. The van der Waals surface area contributed by atoms with E-state index in [-0.39, 0.29) is 0 Å².